The van der Waals surface area contributed by atoms with Crippen LogP contribution in [0, 0.1) is 0 Å². The SMILES string of the molecule is CC(=O)CCCC(=O)OC[C@H](O)CO. The summed E-state index contributed by atoms with van der Waals surface area (Å²) in [5, 5.41) is 17.2. The number of hydrogen-bond acceptors (Lipinski definition) is 5. The van der Waals surface area contributed by atoms with Crippen molar-refractivity contribution in [3.05, 3.63) is 0 Å². The number of carbonyl (C=O) groups is 2. The Labute approximate surface area is 82.7 Å². The lowest BCUT2D eigenvalue weighted by molar-refractivity contribution is -0.147. The van der Waals surface area contributed by atoms with Gasteiger partial charge in [0.2, 0.25) is 0 Å². The lowest BCUT2D eigenvalue weighted by Gasteiger charge is -2.07. The molecule has 0 heterocycles. The Bertz CT molecular complexity index is 190. The third-order valence-corrected chi connectivity index (χ3v) is 1.56. The molecule has 0 aliphatic carbocycles. The highest BCUT2D eigenvalue weighted by atomic mass is 16.5. The lowest BCUT2D eigenvalue weighted by atomic mass is 10.2. The van der Waals surface area contributed by atoms with Crippen LogP contribution in [0.5, 0.6) is 0 Å². The van der Waals surface area contributed by atoms with E-state index in [0.29, 0.717) is 12.8 Å². The molecule has 0 radical (unpaired) electrons. The van der Waals surface area contributed by atoms with Crippen molar-refractivity contribution in [2.75, 3.05) is 13.2 Å². The summed E-state index contributed by atoms with van der Waals surface area (Å²) in [5.74, 6) is -0.424. The molecular formula is C9H16O5. The minimum atomic E-state index is -1.02. The first-order valence-corrected chi connectivity index (χ1v) is 4.50. The first kappa shape index (κ1) is 13.1. The zero-order chi connectivity index (χ0) is 11.0. The molecule has 0 aromatic carbocycles. The molecular weight excluding hydrogens is 188 g/mol. The fourth-order valence-electron chi connectivity index (χ4n) is 0.796. The maximum Gasteiger partial charge on any atom is 0.305 e. The molecule has 0 spiro atoms. The van der Waals surface area contributed by atoms with E-state index in [1.165, 1.54) is 6.92 Å². The van der Waals surface area contributed by atoms with Crippen molar-refractivity contribution in [3.8, 4) is 0 Å². The molecule has 0 aliphatic heterocycles. The van der Waals surface area contributed by atoms with E-state index in [0.717, 1.165) is 0 Å². The topological polar surface area (TPSA) is 83.8 Å². The van der Waals surface area contributed by atoms with Crippen molar-refractivity contribution in [1.29, 1.82) is 0 Å². The van der Waals surface area contributed by atoms with Crippen molar-refractivity contribution in [1.82, 2.24) is 0 Å². The molecule has 0 amide bonds. The monoisotopic (exact) mass is 204 g/mol. The van der Waals surface area contributed by atoms with E-state index in [4.69, 9.17) is 10.2 Å². The van der Waals surface area contributed by atoms with Crippen LogP contribution in [0.15, 0.2) is 0 Å². The van der Waals surface area contributed by atoms with E-state index < -0.39 is 18.7 Å². The highest BCUT2D eigenvalue weighted by Gasteiger charge is 2.07. The number of ether oxygens (including phenoxy) is 1. The Kier molecular flexibility index (Phi) is 6.96. The summed E-state index contributed by atoms with van der Waals surface area (Å²) >= 11 is 0. The molecule has 0 aromatic heterocycles. The molecule has 0 saturated carbocycles. The molecule has 0 unspecified atom stereocenters. The van der Waals surface area contributed by atoms with Gasteiger partial charge in [0.25, 0.3) is 0 Å². The Morgan fingerprint density at radius 1 is 1.36 bits per heavy atom. The average molecular weight is 204 g/mol. The second kappa shape index (κ2) is 7.46. The van der Waals surface area contributed by atoms with Gasteiger partial charge in [-0.3, -0.25) is 4.79 Å². The predicted molar refractivity (Wildman–Crippen MR) is 48.6 cm³/mol. The number of Topliss-reactive ketones (excluding diaryl/α,β-unsaturated/α-hetero) is 1. The van der Waals surface area contributed by atoms with Crippen LogP contribution >= 0.6 is 0 Å². The van der Waals surface area contributed by atoms with E-state index in [9.17, 15) is 9.59 Å². The summed E-state index contributed by atoms with van der Waals surface area (Å²) in [6, 6.07) is 0. The minimum absolute atomic E-state index is 0.0354. The van der Waals surface area contributed by atoms with Gasteiger partial charge < -0.3 is 19.7 Å². The van der Waals surface area contributed by atoms with Crippen molar-refractivity contribution < 1.29 is 24.5 Å². The molecule has 14 heavy (non-hydrogen) atoms. The average Bonchev–Trinajstić information content (AvgIpc) is 2.13. The second-order valence-electron chi connectivity index (χ2n) is 3.07. The number of rotatable bonds is 7. The fourth-order valence-corrected chi connectivity index (χ4v) is 0.796. The van der Waals surface area contributed by atoms with Crippen LogP contribution in [-0.4, -0.2) is 41.3 Å². The zero-order valence-electron chi connectivity index (χ0n) is 8.23. The maximum atomic E-state index is 10.9. The summed E-state index contributed by atoms with van der Waals surface area (Å²) in [4.78, 5) is 21.4. The van der Waals surface area contributed by atoms with E-state index in [1.54, 1.807) is 0 Å². The van der Waals surface area contributed by atoms with Crippen LogP contribution in [-0.2, 0) is 14.3 Å². The Morgan fingerprint density at radius 3 is 2.50 bits per heavy atom. The van der Waals surface area contributed by atoms with Gasteiger partial charge in [0, 0.05) is 12.8 Å². The number of hydrogen-bond donors (Lipinski definition) is 2. The van der Waals surface area contributed by atoms with Crippen molar-refractivity contribution in [2.45, 2.75) is 32.3 Å². The molecule has 0 fully saturated rings. The molecule has 0 rings (SSSR count). The van der Waals surface area contributed by atoms with Crippen LogP contribution in [0.2, 0.25) is 0 Å². The number of aliphatic hydroxyl groups excluding tert-OH is 2. The van der Waals surface area contributed by atoms with Crippen molar-refractivity contribution in [2.24, 2.45) is 0 Å². The number of esters is 1. The molecule has 0 saturated heterocycles. The van der Waals surface area contributed by atoms with Crippen LogP contribution < -0.4 is 0 Å². The van der Waals surface area contributed by atoms with Crippen molar-refractivity contribution in [3.63, 3.8) is 0 Å². The summed E-state index contributed by atoms with van der Waals surface area (Å²) in [5.41, 5.74) is 0. The van der Waals surface area contributed by atoms with Gasteiger partial charge in [0.1, 0.15) is 18.5 Å². The summed E-state index contributed by atoms with van der Waals surface area (Å²) in [6.07, 6.45) is -0.0366. The van der Waals surface area contributed by atoms with Crippen molar-refractivity contribution >= 4 is 11.8 Å². The fraction of sp³-hybridized carbons (Fsp3) is 0.778. The first-order chi connectivity index (χ1) is 6.56. The van der Waals surface area contributed by atoms with Gasteiger partial charge in [-0.05, 0) is 13.3 Å². The van der Waals surface area contributed by atoms with Crippen LogP contribution in [0.4, 0.5) is 0 Å². The van der Waals surface area contributed by atoms with Gasteiger partial charge in [0.05, 0.1) is 6.61 Å². The standard InChI is InChI=1S/C9H16O5/c1-7(11)3-2-4-9(13)14-6-8(12)5-10/h8,10,12H,2-6H2,1H3/t8-/m1/s1. The Morgan fingerprint density at radius 2 is 2.00 bits per heavy atom. The quantitative estimate of drug-likeness (QED) is 0.553. The Balaban J connectivity index is 3.41. The van der Waals surface area contributed by atoms with E-state index >= 15 is 0 Å². The number of ketones is 1. The molecule has 0 aliphatic rings. The van der Waals surface area contributed by atoms with Gasteiger partial charge in [0.15, 0.2) is 0 Å². The highest BCUT2D eigenvalue weighted by molar-refractivity contribution is 5.76. The largest absolute Gasteiger partial charge is 0.463 e. The molecule has 82 valence electrons. The number of aliphatic hydroxyl groups is 2. The molecule has 5 nitrogen and oxygen atoms in total. The third-order valence-electron chi connectivity index (χ3n) is 1.56. The van der Waals surface area contributed by atoms with E-state index in [2.05, 4.69) is 4.74 Å². The summed E-state index contributed by atoms with van der Waals surface area (Å²) < 4.78 is 4.62. The molecule has 0 aromatic rings. The normalized spacial score (nSPS) is 12.2. The first-order valence-electron chi connectivity index (χ1n) is 4.50. The van der Waals surface area contributed by atoms with Crippen LogP contribution in [0.1, 0.15) is 26.2 Å². The van der Waals surface area contributed by atoms with E-state index in [-0.39, 0.29) is 18.8 Å². The summed E-state index contributed by atoms with van der Waals surface area (Å²) in [7, 11) is 0. The van der Waals surface area contributed by atoms with Gasteiger partial charge >= 0.3 is 5.97 Å². The number of carbonyl (C=O) groups excluding carboxylic acids is 2. The summed E-state index contributed by atoms with van der Waals surface area (Å²) in [6.45, 7) is 0.830. The second-order valence-corrected chi connectivity index (χ2v) is 3.07. The molecule has 5 heteroatoms. The Hall–Kier alpha value is -0.940. The van der Waals surface area contributed by atoms with Crippen LogP contribution in [0.25, 0.3) is 0 Å². The smallest absolute Gasteiger partial charge is 0.305 e. The van der Waals surface area contributed by atoms with Gasteiger partial charge in [-0.2, -0.15) is 0 Å². The van der Waals surface area contributed by atoms with Gasteiger partial charge in [-0.25, -0.2) is 0 Å². The van der Waals surface area contributed by atoms with Gasteiger partial charge in [-0.1, -0.05) is 0 Å². The van der Waals surface area contributed by atoms with Gasteiger partial charge in [-0.15, -0.1) is 0 Å². The third kappa shape index (κ3) is 7.70. The molecule has 0 bridgehead atoms. The van der Waals surface area contributed by atoms with Crippen LogP contribution in [0.3, 0.4) is 0 Å². The minimum Gasteiger partial charge on any atom is -0.463 e. The van der Waals surface area contributed by atoms with E-state index in [1.807, 2.05) is 0 Å². The predicted octanol–water partition coefficient (Wildman–Crippen LogP) is -0.358. The molecule has 2 N–H and O–H groups in total. The molecule has 1 atom stereocenters. The zero-order valence-corrected chi connectivity index (χ0v) is 8.23. The highest BCUT2D eigenvalue weighted by Crippen LogP contribution is 1.99. The maximum absolute atomic E-state index is 10.9. The lowest BCUT2D eigenvalue weighted by Crippen LogP contribution is -2.21.